The molecule has 1 N–H and O–H groups in total. The van der Waals surface area contributed by atoms with E-state index in [9.17, 15) is 0 Å². The van der Waals surface area contributed by atoms with Crippen LogP contribution in [-0.2, 0) is 4.74 Å². The lowest BCUT2D eigenvalue weighted by molar-refractivity contribution is 0.167. The number of hydrogen-bond acceptors (Lipinski definition) is 5. The standard InChI is InChI=1S/C13H15ClN4O/c1-13(2)7-19-6-10(13)16-12-8-3-4-15-5-9(8)11(14)17-18-12/h3-5,10H,6-7H2,1-2H3,(H,16,18)/t10-/m1/s1. The van der Waals surface area contributed by atoms with E-state index in [1.807, 2.05) is 6.07 Å². The molecule has 2 aromatic rings. The van der Waals surface area contributed by atoms with E-state index in [0.29, 0.717) is 11.8 Å². The van der Waals surface area contributed by atoms with Gasteiger partial charge in [-0.25, -0.2) is 0 Å². The summed E-state index contributed by atoms with van der Waals surface area (Å²) in [6.45, 7) is 5.75. The maximum absolute atomic E-state index is 6.04. The minimum absolute atomic E-state index is 0.0701. The van der Waals surface area contributed by atoms with Gasteiger partial charge < -0.3 is 10.1 Å². The molecule has 0 radical (unpaired) electrons. The maximum atomic E-state index is 6.04. The van der Waals surface area contributed by atoms with Crippen molar-refractivity contribution in [3.8, 4) is 0 Å². The molecule has 0 unspecified atom stereocenters. The van der Waals surface area contributed by atoms with Crippen molar-refractivity contribution in [2.24, 2.45) is 5.41 Å². The van der Waals surface area contributed by atoms with E-state index in [1.54, 1.807) is 12.4 Å². The average molecular weight is 279 g/mol. The van der Waals surface area contributed by atoms with E-state index in [4.69, 9.17) is 16.3 Å². The van der Waals surface area contributed by atoms with Crippen molar-refractivity contribution < 1.29 is 4.74 Å². The molecule has 19 heavy (non-hydrogen) atoms. The number of fused-ring (bicyclic) bond motifs is 1. The predicted octanol–water partition coefficient (Wildman–Crippen LogP) is 2.52. The molecule has 5 nitrogen and oxygen atoms in total. The molecule has 0 saturated carbocycles. The van der Waals surface area contributed by atoms with Gasteiger partial charge in [0.25, 0.3) is 0 Å². The molecular formula is C13H15ClN4O. The third-order valence-corrected chi connectivity index (χ3v) is 3.83. The summed E-state index contributed by atoms with van der Waals surface area (Å²) in [5, 5.41) is 13.6. The number of anilines is 1. The zero-order chi connectivity index (χ0) is 13.5. The van der Waals surface area contributed by atoms with Crippen molar-refractivity contribution in [2.75, 3.05) is 18.5 Å². The molecular weight excluding hydrogens is 264 g/mol. The highest BCUT2D eigenvalue weighted by molar-refractivity contribution is 6.34. The minimum Gasteiger partial charge on any atom is -0.379 e. The lowest BCUT2D eigenvalue weighted by Crippen LogP contribution is -2.35. The number of nitrogens with zero attached hydrogens (tertiary/aromatic N) is 3. The van der Waals surface area contributed by atoms with Crippen LogP contribution in [0.3, 0.4) is 0 Å². The van der Waals surface area contributed by atoms with Gasteiger partial charge in [0.2, 0.25) is 0 Å². The summed E-state index contributed by atoms with van der Waals surface area (Å²) < 4.78 is 5.53. The van der Waals surface area contributed by atoms with Gasteiger partial charge in [-0.1, -0.05) is 25.4 Å². The van der Waals surface area contributed by atoms with Gasteiger partial charge in [0, 0.05) is 28.6 Å². The van der Waals surface area contributed by atoms with Crippen LogP contribution in [-0.4, -0.2) is 34.4 Å². The maximum Gasteiger partial charge on any atom is 0.161 e. The fraction of sp³-hybridized carbons (Fsp3) is 0.462. The quantitative estimate of drug-likeness (QED) is 0.915. The molecule has 100 valence electrons. The van der Waals surface area contributed by atoms with Crippen molar-refractivity contribution in [2.45, 2.75) is 19.9 Å². The summed E-state index contributed by atoms with van der Waals surface area (Å²) in [5.74, 6) is 0.727. The van der Waals surface area contributed by atoms with Crippen LogP contribution in [0.15, 0.2) is 18.5 Å². The van der Waals surface area contributed by atoms with Gasteiger partial charge in [-0.05, 0) is 6.07 Å². The summed E-state index contributed by atoms with van der Waals surface area (Å²) >= 11 is 6.04. The van der Waals surface area contributed by atoms with E-state index in [-0.39, 0.29) is 11.5 Å². The zero-order valence-electron chi connectivity index (χ0n) is 10.9. The van der Waals surface area contributed by atoms with Gasteiger partial charge >= 0.3 is 0 Å². The zero-order valence-corrected chi connectivity index (χ0v) is 11.6. The molecule has 0 amide bonds. The SMILES string of the molecule is CC1(C)COC[C@H]1Nc1nnc(Cl)c2cnccc12. The molecule has 1 atom stereocenters. The summed E-state index contributed by atoms with van der Waals surface area (Å²) in [4.78, 5) is 4.07. The first-order valence-corrected chi connectivity index (χ1v) is 6.56. The van der Waals surface area contributed by atoms with E-state index in [2.05, 4.69) is 34.3 Å². The minimum atomic E-state index is 0.0701. The molecule has 1 aliphatic heterocycles. The monoisotopic (exact) mass is 278 g/mol. The van der Waals surface area contributed by atoms with Gasteiger partial charge in [-0.3, -0.25) is 4.98 Å². The van der Waals surface area contributed by atoms with E-state index >= 15 is 0 Å². The second-order valence-electron chi connectivity index (χ2n) is 5.46. The number of pyridine rings is 1. The Morgan fingerprint density at radius 3 is 2.95 bits per heavy atom. The smallest absolute Gasteiger partial charge is 0.161 e. The van der Waals surface area contributed by atoms with Crippen molar-refractivity contribution in [3.63, 3.8) is 0 Å². The van der Waals surface area contributed by atoms with Crippen molar-refractivity contribution in [3.05, 3.63) is 23.6 Å². The highest BCUT2D eigenvalue weighted by Gasteiger charge is 2.36. The number of hydrogen-bond donors (Lipinski definition) is 1. The van der Waals surface area contributed by atoms with Crippen LogP contribution in [0, 0.1) is 5.41 Å². The third kappa shape index (κ3) is 2.24. The Hall–Kier alpha value is -1.46. The summed E-state index contributed by atoms with van der Waals surface area (Å²) in [6.07, 6.45) is 3.43. The highest BCUT2D eigenvalue weighted by Crippen LogP contribution is 2.32. The lowest BCUT2D eigenvalue weighted by atomic mass is 9.88. The number of aromatic nitrogens is 3. The number of halogens is 1. The first-order valence-electron chi connectivity index (χ1n) is 6.18. The molecule has 1 aliphatic rings. The van der Waals surface area contributed by atoms with Crippen LogP contribution in [0.1, 0.15) is 13.8 Å². The van der Waals surface area contributed by atoms with Crippen LogP contribution in [0.2, 0.25) is 5.15 Å². The predicted molar refractivity (Wildman–Crippen MR) is 74.4 cm³/mol. The third-order valence-electron chi connectivity index (χ3n) is 3.55. The Bertz CT molecular complexity index is 617. The Balaban J connectivity index is 2.00. The van der Waals surface area contributed by atoms with Gasteiger partial charge in [0.15, 0.2) is 11.0 Å². The molecule has 2 aromatic heterocycles. The van der Waals surface area contributed by atoms with Crippen molar-refractivity contribution in [1.82, 2.24) is 15.2 Å². The van der Waals surface area contributed by atoms with Crippen LogP contribution < -0.4 is 5.32 Å². The lowest BCUT2D eigenvalue weighted by Gasteiger charge is -2.26. The summed E-state index contributed by atoms with van der Waals surface area (Å²) in [6, 6.07) is 2.10. The Morgan fingerprint density at radius 1 is 1.37 bits per heavy atom. The fourth-order valence-corrected chi connectivity index (χ4v) is 2.43. The van der Waals surface area contributed by atoms with Crippen molar-refractivity contribution >= 4 is 28.2 Å². The van der Waals surface area contributed by atoms with Crippen molar-refractivity contribution in [1.29, 1.82) is 0 Å². The first-order chi connectivity index (χ1) is 9.08. The number of nitrogens with one attached hydrogen (secondary N) is 1. The van der Waals surface area contributed by atoms with Gasteiger partial charge in [-0.15, -0.1) is 10.2 Å². The molecule has 3 heterocycles. The highest BCUT2D eigenvalue weighted by atomic mass is 35.5. The molecule has 0 spiro atoms. The van der Waals surface area contributed by atoms with Crippen LogP contribution in [0.5, 0.6) is 0 Å². The average Bonchev–Trinajstić information content (AvgIpc) is 2.72. The Morgan fingerprint density at radius 2 is 2.21 bits per heavy atom. The second kappa shape index (κ2) is 4.58. The largest absolute Gasteiger partial charge is 0.379 e. The Labute approximate surface area is 116 Å². The van der Waals surface area contributed by atoms with E-state index < -0.39 is 0 Å². The number of rotatable bonds is 2. The molecule has 1 fully saturated rings. The molecule has 0 aromatic carbocycles. The van der Waals surface area contributed by atoms with E-state index in [0.717, 1.165) is 23.2 Å². The van der Waals surface area contributed by atoms with Gasteiger partial charge in [0.05, 0.1) is 19.3 Å². The number of ether oxygens (including phenoxy) is 1. The second-order valence-corrected chi connectivity index (χ2v) is 5.82. The molecule has 3 rings (SSSR count). The van der Waals surface area contributed by atoms with E-state index in [1.165, 1.54) is 0 Å². The fourth-order valence-electron chi connectivity index (χ4n) is 2.24. The topological polar surface area (TPSA) is 59.9 Å². The van der Waals surface area contributed by atoms with Crippen LogP contribution >= 0.6 is 11.6 Å². The molecule has 1 saturated heterocycles. The Kier molecular flexibility index (Phi) is 3.03. The first kappa shape index (κ1) is 12.6. The summed E-state index contributed by atoms with van der Waals surface area (Å²) in [7, 11) is 0. The van der Waals surface area contributed by atoms with Crippen LogP contribution in [0.25, 0.3) is 10.8 Å². The molecule has 0 aliphatic carbocycles. The molecule has 0 bridgehead atoms. The normalized spacial score (nSPS) is 21.7. The van der Waals surface area contributed by atoms with Gasteiger partial charge in [0.1, 0.15) is 0 Å². The molecule has 6 heteroatoms. The summed E-state index contributed by atoms with van der Waals surface area (Å²) in [5.41, 5.74) is 0.0701. The van der Waals surface area contributed by atoms with Gasteiger partial charge in [-0.2, -0.15) is 0 Å². The van der Waals surface area contributed by atoms with Crippen LogP contribution in [0.4, 0.5) is 5.82 Å².